The molecule has 2 rings (SSSR count). The minimum absolute atomic E-state index is 0.0927. The third-order valence-corrected chi connectivity index (χ3v) is 6.14. The lowest BCUT2D eigenvalue weighted by molar-refractivity contribution is -0.126. The first-order chi connectivity index (χ1) is 15.5. The molecule has 0 radical (unpaired) electrons. The molecule has 8 heteroatoms. The Labute approximate surface area is 195 Å². The number of carbonyl (C=O) groups is 2. The Bertz CT molecular complexity index is 840. The summed E-state index contributed by atoms with van der Waals surface area (Å²) in [4.78, 5) is 24.5. The molecule has 0 saturated heterocycles. The second kappa shape index (κ2) is 14.6. The van der Waals surface area contributed by atoms with Crippen molar-refractivity contribution in [2.45, 2.75) is 84.1 Å². The molecule has 0 saturated carbocycles. The van der Waals surface area contributed by atoms with Crippen LogP contribution >= 0.6 is 11.3 Å². The fourth-order valence-electron chi connectivity index (χ4n) is 3.34. The summed E-state index contributed by atoms with van der Waals surface area (Å²) in [6, 6.07) is 6.86. The van der Waals surface area contributed by atoms with Crippen LogP contribution in [0.15, 0.2) is 24.3 Å². The minimum atomic E-state index is -0.634. The molecule has 2 amide bonds. The molecule has 2 aromatic rings. The zero-order valence-electron chi connectivity index (χ0n) is 19.5. The molecule has 0 bridgehead atoms. The summed E-state index contributed by atoms with van der Waals surface area (Å²) in [5.41, 5.74) is 0.865. The maximum absolute atomic E-state index is 12.4. The predicted octanol–water partition coefficient (Wildman–Crippen LogP) is 5.58. The van der Waals surface area contributed by atoms with Gasteiger partial charge in [0.25, 0.3) is 0 Å². The van der Waals surface area contributed by atoms with Crippen molar-refractivity contribution in [2.24, 2.45) is 0 Å². The van der Waals surface area contributed by atoms with Gasteiger partial charge in [-0.3, -0.25) is 14.9 Å². The second-order valence-electron chi connectivity index (χ2n) is 8.00. The molecule has 0 fully saturated rings. The number of amides is 2. The summed E-state index contributed by atoms with van der Waals surface area (Å²) >= 11 is 1.27. The van der Waals surface area contributed by atoms with E-state index in [0.717, 1.165) is 24.2 Å². The van der Waals surface area contributed by atoms with Gasteiger partial charge in [0.1, 0.15) is 16.8 Å². The van der Waals surface area contributed by atoms with Crippen molar-refractivity contribution in [2.75, 3.05) is 12.4 Å². The van der Waals surface area contributed by atoms with Crippen LogP contribution in [0.2, 0.25) is 0 Å². The number of hydrogen-bond acceptors (Lipinski definition) is 6. The standard InChI is InChI=1S/C24H36N4O3S/c1-4-5-6-7-8-9-10-11-12-16-21(29)25-18(2)22(30)26-24-28-27-23(32-24)19-14-13-15-20(17-19)31-3/h13-15,17-18H,4-12,16H2,1-3H3,(H,25,29)(H,26,28,30)/t18-/m0/s1. The van der Waals surface area contributed by atoms with Gasteiger partial charge in [0.15, 0.2) is 0 Å². The van der Waals surface area contributed by atoms with Crippen LogP contribution in [0.25, 0.3) is 10.6 Å². The van der Waals surface area contributed by atoms with Gasteiger partial charge in [-0.15, -0.1) is 10.2 Å². The highest BCUT2D eigenvalue weighted by Crippen LogP contribution is 2.28. The molecule has 176 valence electrons. The number of ether oxygens (including phenoxy) is 1. The normalized spacial score (nSPS) is 11.7. The zero-order chi connectivity index (χ0) is 23.2. The molecule has 0 unspecified atom stereocenters. The zero-order valence-corrected chi connectivity index (χ0v) is 20.3. The first-order valence-electron chi connectivity index (χ1n) is 11.6. The van der Waals surface area contributed by atoms with Crippen LogP contribution in [-0.2, 0) is 9.59 Å². The summed E-state index contributed by atoms with van der Waals surface area (Å²) in [5, 5.41) is 14.7. The van der Waals surface area contributed by atoms with Gasteiger partial charge in [0.2, 0.25) is 16.9 Å². The van der Waals surface area contributed by atoms with E-state index in [4.69, 9.17) is 4.74 Å². The van der Waals surface area contributed by atoms with Crippen molar-refractivity contribution in [3.05, 3.63) is 24.3 Å². The van der Waals surface area contributed by atoms with E-state index in [9.17, 15) is 9.59 Å². The first kappa shape index (κ1) is 25.8. The summed E-state index contributed by atoms with van der Waals surface area (Å²) in [6.45, 7) is 3.90. The number of aromatic nitrogens is 2. The molecule has 32 heavy (non-hydrogen) atoms. The molecule has 0 aliphatic carbocycles. The Hall–Kier alpha value is -2.48. The first-order valence-corrected chi connectivity index (χ1v) is 12.4. The van der Waals surface area contributed by atoms with Crippen molar-refractivity contribution in [3.63, 3.8) is 0 Å². The van der Waals surface area contributed by atoms with Gasteiger partial charge >= 0.3 is 0 Å². The van der Waals surface area contributed by atoms with Gasteiger partial charge in [0, 0.05) is 12.0 Å². The van der Waals surface area contributed by atoms with E-state index in [1.54, 1.807) is 14.0 Å². The largest absolute Gasteiger partial charge is 0.497 e. The van der Waals surface area contributed by atoms with Crippen LogP contribution < -0.4 is 15.4 Å². The Morgan fingerprint density at radius 2 is 1.72 bits per heavy atom. The molecule has 1 aromatic carbocycles. The molecule has 0 spiro atoms. The second-order valence-corrected chi connectivity index (χ2v) is 8.98. The van der Waals surface area contributed by atoms with Crippen molar-refractivity contribution < 1.29 is 14.3 Å². The van der Waals surface area contributed by atoms with Crippen LogP contribution in [0, 0.1) is 0 Å². The highest BCUT2D eigenvalue weighted by molar-refractivity contribution is 7.18. The lowest BCUT2D eigenvalue weighted by Gasteiger charge is -2.12. The van der Waals surface area contributed by atoms with Gasteiger partial charge < -0.3 is 10.1 Å². The van der Waals surface area contributed by atoms with Crippen LogP contribution in [-0.4, -0.2) is 35.2 Å². The maximum atomic E-state index is 12.4. The Morgan fingerprint density at radius 3 is 2.41 bits per heavy atom. The average Bonchev–Trinajstić information content (AvgIpc) is 3.26. The summed E-state index contributed by atoms with van der Waals surface area (Å²) < 4.78 is 5.23. The molecule has 1 atom stereocenters. The number of nitrogens with zero attached hydrogens (tertiary/aromatic N) is 2. The topological polar surface area (TPSA) is 93.2 Å². The number of anilines is 1. The third-order valence-electron chi connectivity index (χ3n) is 5.25. The molecular weight excluding hydrogens is 424 g/mol. The van der Waals surface area contributed by atoms with Crippen LogP contribution in [0.4, 0.5) is 5.13 Å². The van der Waals surface area contributed by atoms with Crippen molar-refractivity contribution in [1.29, 1.82) is 0 Å². The number of carbonyl (C=O) groups excluding carboxylic acids is 2. The number of nitrogens with one attached hydrogen (secondary N) is 2. The molecular formula is C24H36N4O3S. The molecule has 1 aromatic heterocycles. The SMILES string of the molecule is CCCCCCCCCCCC(=O)N[C@@H](C)C(=O)Nc1nnc(-c2cccc(OC)c2)s1. The predicted molar refractivity (Wildman–Crippen MR) is 130 cm³/mol. The highest BCUT2D eigenvalue weighted by atomic mass is 32.1. The maximum Gasteiger partial charge on any atom is 0.248 e. The molecule has 7 nitrogen and oxygen atoms in total. The van der Waals surface area contributed by atoms with Crippen LogP contribution in [0.5, 0.6) is 5.75 Å². The third kappa shape index (κ3) is 9.34. The molecule has 0 aliphatic rings. The lowest BCUT2D eigenvalue weighted by Crippen LogP contribution is -2.41. The number of rotatable bonds is 15. The van der Waals surface area contributed by atoms with Gasteiger partial charge in [0.05, 0.1) is 7.11 Å². The lowest BCUT2D eigenvalue weighted by atomic mass is 10.1. The van der Waals surface area contributed by atoms with E-state index >= 15 is 0 Å². The Balaban J connectivity index is 1.66. The van der Waals surface area contributed by atoms with Gasteiger partial charge in [-0.25, -0.2) is 0 Å². The summed E-state index contributed by atoms with van der Waals surface area (Å²) in [5.74, 6) is 0.329. The minimum Gasteiger partial charge on any atom is -0.497 e. The molecule has 1 heterocycles. The smallest absolute Gasteiger partial charge is 0.248 e. The van der Waals surface area contributed by atoms with Crippen molar-refractivity contribution >= 4 is 28.3 Å². The average molecular weight is 461 g/mol. The van der Waals surface area contributed by atoms with Crippen molar-refractivity contribution in [3.8, 4) is 16.3 Å². The Morgan fingerprint density at radius 1 is 1.03 bits per heavy atom. The van der Waals surface area contributed by atoms with E-state index in [1.807, 2.05) is 24.3 Å². The van der Waals surface area contributed by atoms with E-state index in [2.05, 4.69) is 27.8 Å². The van der Waals surface area contributed by atoms with E-state index in [0.29, 0.717) is 16.6 Å². The monoisotopic (exact) mass is 460 g/mol. The van der Waals surface area contributed by atoms with Crippen molar-refractivity contribution in [1.82, 2.24) is 15.5 Å². The fraction of sp³-hybridized carbons (Fsp3) is 0.583. The Kier molecular flexibility index (Phi) is 11.7. The number of hydrogen-bond donors (Lipinski definition) is 2. The van der Waals surface area contributed by atoms with Crippen LogP contribution in [0.1, 0.15) is 78.1 Å². The molecule has 0 aliphatic heterocycles. The van der Waals surface area contributed by atoms with Gasteiger partial charge in [-0.2, -0.15) is 0 Å². The summed E-state index contributed by atoms with van der Waals surface area (Å²) in [7, 11) is 1.61. The van der Waals surface area contributed by atoms with Gasteiger partial charge in [-0.05, 0) is 25.5 Å². The van der Waals surface area contributed by atoms with E-state index in [1.165, 1.54) is 56.3 Å². The summed E-state index contributed by atoms with van der Waals surface area (Å²) in [6.07, 6.45) is 11.3. The number of unbranched alkanes of at least 4 members (excludes halogenated alkanes) is 8. The fourth-order valence-corrected chi connectivity index (χ4v) is 4.08. The van der Waals surface area contributed by atoms with Gasteiger partial charge in [-0.1, -0.05) is 81.8 Å². The van der Waals surface area contributed by atoms with E-state index in [-0.39, 0.29) is 11.8 Å². The number of methoxy groups -OCH3 is 1. The quantitative estimate of drug-likeness (QED) is 0.339. The number of benzene rings is 1. The van der Waals surface area contributed by atoms with E-state index < -0.39 is 6.04 Å². The molecule has 2 N–H and O–H groups in total. The highest BCUT2D eigenvalue weighted by Gasteiger charge is 2.17. The van der Waals surface area contributed by atoms with Crippen LogP contribution in [0.3, 0.4) is 0 Å².